The van der Waals surface area contributed by atoms with E-state index in [1.54, 1.807) is 25.1 Å². The molecular formula is C23H18F6N2O3S. The number of oxime groups is 1. The summed E-state index contributed by atoms with van der Waals surface area (Å²) in [6, 6.07) is 16.5. The summed E-state index contributed by atoms with van der Waals surface area (Å²) in [6.07, 6.45) is -4.63. The maximum absolute atomic E-state index is 13.3. The van der Waals surface area contributed by atoms with Crippen molar-refractivity contribution < 1.29 is 39.6 Å². The van der Waals surface area contributed by atoms with E-state index in [0.717, 1.165) is 12.1 Å². The summed E-state index contributed by atoms with van der Waals surface area (Å²) in [6.45, 7) is 1.02. The van der Waals surface area contributed by atoms with Crippen molar-refractivity contribution in [1.29, 1.82) is 0 Å². The highest BCUT2D eigenvalue weighted by Gasteiger charge is 2.46. The van der Waals surface area contributed by atoms with Gasteiger partial charge >= 0.3 is 21.7 Å². The highest BCUT2D eigenvalue weighted by molar-refractivity contribution is 7.93. The van der Waals surface area contributed by atoms with Crippen LogP contribution in [0.3, 0.4) is 0 Å². The Morgan fingerprint density at radius 1 is 0.914 bits per heavy atom. The summed E-state index contributed by atoms with van der Waals surface area (Å²) in [7, 11) is -5.76. The van der Waals surface area contributed by atoms with E-state index in [2.05, 4.69) is 5.16 Å². The van der Waals surface area contributed by atoms with Crippen molar-refractivity contribution in [2.24, 2.45) is 5.16 Å². The van der Waals surface area contributed by atoms with Gasteiger partial charge < -0.3 is 4.84 Å². The summed E-state index contributed by atoms with van der Waals surface area (Å²) >= 11 is 0. The SMILES string of the molecule is Cc1ccc(NS(=O)(=O)C(F)(F)F)c(/C(=N/OCc2ccccc2C(F)(F)F)c2ccccc2)c1. The van der Waals surface area contributed by atoms with Gasteiger partial charge in [-0.2, -0.15) is 34.8 Å². The first-order valence-corrected chi connectivity index (χ1v) is 11.4. The number of hydrogen-bond donors (Lipinski definition) is 1. The molecule has 0 unspecified atom stereocenters. The second-order valence-corrected chi connectivity index (χ2v) is 9.01. The second-order valence-electron chi connectivity index (χ2n) is 7.33. The van der Waals surface area contributed by atoms with Gasteiger partial charge in [0.05, 0.1) is 11.3 Å². The molecule has 0 saturated carbocycles. The van der Waals surface area contributed by atoms with Crippen molar-refractivity contribution in [1.82, 2.24) is 0 Å². The summed E-state index contributed by atoms with van der Waals surface area (Å²) < 4.78 is 104. The van der Waals surface area contributed by atoms with Crippen molar-refractivity contribution in [3.63, 3.8) is 0 Å². The van der Waals surface area contributed by atoms with Gasteiger partial charge in [-0.25, -0.2) is 0 Å². The minimum absolute atomic E-state index is 0.0619. The van der Waals surface area contributed by atoms with Crippen LogP contribution in [0.2, 0.25) is 0 Å². The molecule has 3 aromatic carbocycles. The molecule has 0 spiro atoms. The third-order valence-electron chi connectivity index (χ3n) is 4.73. The minimum Gasteiger partial charge on any atom is -0.390 e. The monoisotopic (exact) mass is 516 g/mol. The molecule has 186 valence electrons. The second kappa shape index (κ2) is 9.98. The number of nitrogens with one attached hydrogen (secondary N) is 1. The van der Waals surface area contributed by atoms with E-state index in [9.17, 15) is 34.8 Å². The molecule has 12 heteroatoms. The number of alkyl halides is 6. The Morgan fingerprint density at radius 2 is 1.54 bits per heavy atom. The van der Waals surface area contributed by atoms with Gasteiger partial charge in [-0.15, -0.1) is 0 Å². The maximum atomic E-state index is 13.3. The fourth-order valence-corrected chi connectivity index (χ4v) is 3.67. The van der Waals surface area contributed by atoms with Crippen LogP contribution in [0, 0.1) is 6.92 Å². The molecule has 0 aromatic heterocycles. The maximum Gasteiger partial charge on any atom is 0.516 e. The molecule has 3 aromatic rings. The topological polar surface area (TPSA) is 67.8 Å². The lowest BCUT2D eigenvalue weighted by Gasteiger charge is -2.17. The van der Waals surface area contributed by atoms with Crippen molar-refractivity contribution >= 4 is 21.4 Å². The van der Waals surface area contributed by atoms with Crippen molar-refractivity contribution in [2.75, 3.05) is 4.72 Å². The summed E-state index contributed by atoms with van der Waals surface area (Å²) in [4.78, 5) is 5.21. The van der Waals surface area contributed by atoms with E-state index in [-0.39, 0.29) is 16.8 Å². The van der Waals surface area contributed by atoms with Crippen LogP contribution in [0.15, 0.2) is 78.0 Å². The largest absolute Gasteiger partial charge is 0.516 e. The molecule has 1 N–H and O–H groups in total. The number of benzene rings is 3. The van der Waals surface area contributed by atoms with E-state index in [4.69, 9.17) is 4.84 Å². The normalized spacial score (nSPS) is 12.9. The minimum atomic E-state index is -5.76. The Kier molecular flexibility index (Phi) is 7.44. The van der Waals surface area contributed by atoms with Gasteiger partial charge in [0.25, 0.3) is 0 Å². The van der Waals surface area contributed by atoms with Crippen LogP contribution < -0.4 is 4.72 Å². The van der Waals surface area contributed by atoms with Gasteiger partial charge in [-0.3, -0.25) is 4.72 Å². The molecule has 0 aliphatic rings. The Bertz CT molecular complexity index is 1320. The molecule has 3 rings (SSSR count). The zero-order valence-corrected chi connectivity index (χ0v) is 18.8. The molecule has 0 heterocycles. The third-order valence-corrected chi connectivity index (χ3v) is 5.82. The fourth-order valence-electron chi connectivity index (χ4n) is 3.09. The number of rotatable bonds is 7. The number of aryl methyl sites for hydroxylation is 1. The number of anilines is 1. The lowest BCUT2D eigenvalue weighted by molar-refractivity contribution is -0.138. The van der Waals surface area contributed by atoms with Crippen molar-refractivity contribution in [3.8, 4) is 0 Å². The molecule has 0 fully saturated rings. The van der Waals surface area contributed by atoms with Crippen molar-refractivity contribution in [3.05, 3.63) is 101 Å². The number of sulfonamides is 1. The van der Waals surface area contributed by atoms with E-state index >= 15 is 0 Å². The van der Waals surface area contributed by atoms with Crippen LogP contribution in [0.4, 0.5) is 32.0 Å². The summed E-state index contributed by atoms with van der Waals surface area (Å²) in [5.74, 6) is 0. The average Bonchev–Trinajstić information content (AvgIpc) is 2.77. The Balaban J connectivity index is 2.06. The van der Waals surface area contributed by atoms with Crippen LogP contribution in [0.25, 0.3) is 0 Å². The van der Waals surface area contributed by atoms with Crippen LogP contribution in [0.5, 0.6) is 0 Å². The first-order valence-electron chi connectivity index (χ1n) is 9.90. The van der Waals surface area contributed by atoms with Crippen LogP contribution in [-0.4, -0.2) is 19.6 Å². The molecule has 0 atom stereocenters. The number of halogens is 6. The van der Waals surface area contributed by atoms with Gasteiger partial charge in [0.1, 0.15) is 12.3 Å². The quantitative estimate of drug-likeness (QED) is 0.230. The molecule has 0 radical (unpaired) electrons. The average molecular weight is 516 g/mol. The molecule has 0 aliphatic carbocycles. The Hall–Kier alpha value is -3.54. The molecule has 0 amide bonds. The van der Waals surface area contributed by atoms with Gasteiger partial charge in [0.15, 0.2) is 0 Å². The predicted octanol–water partition coefficient (Wildman–Crippen LogP) is 6.24. The van der Waals surface area contributed by atoms with Crippen LogP contribution >= 0.6 is 0 Å². The van der Waals surface area contributed by atoms with E-state index in [0.29, 0.717) is 11.1 Å². The Labute approximate surface area is 197 Å². The first-order chi connectivity index (χ1) is 16.3. The van der Waals surface area contributed by atoms with Gasteiger partial charge in [-0.1, -0.05) is 65.3 Å². The molecule has 0 saturated heterocycles. The molecule has 0 aliphatic heterocycles. The molecule has 0 bridgehead atoms. The standard InChI is InChI=1S/C23H18F6N2O3S/c1-15-11-12-20(31-35(32,33)23(27,28)29)18(13-15)21(16-7-3-2-4-8-16)30-34-14-17-9-5-6-10-19(17)22(24,25)26/h2-13,31H,14H2,1H3/b30-21+. The first kappa shape index (κ1) is 26.1. The lowest BCUT2D eigenvalue weighted by Crippen LogP contribution is -2.30. The highest BCUT2D eigenvalue weighted by atomic mass is 32.2. The number of hydrogen-bond acceptors (Lipinski definition) is 4. The molecule has 35 heavy (non-hydrogen) atoms. The van der Waals surface area contributed by atoms with Gasteiger partial charge in [-0.05, 0) is 25.1 Å². The van der Waals surface area contributed by atoms with Gasteiger partial charge in [0, 0.05) is 16.7 Å². The predicted molar refractivity (Wildman–Crippen MR) is 118 cm³/mol. The highest BCUT2D eigenvalue weighted by Crippen LogP contribution is 2.32. The smallest absolute Gasteiger partial charge is 0.390 e. The zero-order valence-electron chi connectivity index (χ0n) is 18.0. The summed E-state index contributed by atoms with van der Waals surface area (Å²) in [5.41, 5.74) is -6.40. The van der Waals surface area contributed by atoms with Crippen molar-refractivity contribution in [2.45, 2.75) is 25.2 Å². The molecular weight excluding hydrogens is 498 g/mol. The Morgan fingerprint density at radius 3 is 2.17 bits per heavy atom. The number of nitrogens with zero attached hydrogens (tertiary/aromatic N) is 1. The van der Waals surface area contributed by atoms with Crippen LogP contribution in [-0.2, 0) is 27.6 Å². The fraction of sp³-hybridized carbons (Fsp3) is 0.174. The van der Waals surface area contributed by atoms with E-state index in [1.807, 2.05) is 0 Å². The van der Waals surface area contributed by atoms with Crippen LogP contribution in [0.1, 0.15) is 27.8 Å². The lowest BCUT2D eigenvalue weighted by atomic mass is 9.99. The van der Waals surface area contributed by atoms with E-state index in [1.165, 1.54) is 47.2 Å². The van der Waals surface area contributed by atoms with Gasteiger partial charge in [0.2, 0.25) is 0 Å². The zero-order chi connectivity index (χ0) is 25.9. The van der Waals surface area contributed by atoms with E-state index < -0.39 is 39.6 Å². The third kappa shape index (κ3) is 6.32. The summed E-state index contributed by atoms with van der Waals surface area (Å²) in [5, 5.41) is 3.91. The molecule has 5 nitrogen and oxygen atoms in total.